The number of amides is 2. The van der Waals surface area contributed by atoms with Crippen molar-refractivity contribution < 1.29 is 9.59 Å². The fourth-order valence-corrected chi connectivity index (χ4v) is 5.59. The van der Waals surface area contributed by atoms with Gasteiger partial charge in [0.25, 0.3) is 5.91 Å². The Morgan fingerprint density at radius 1 is 1.12 bits per heavy atom. The SMILES string of the molecule is CC(C)(C)C1CCc2c(sc(NC(=O)C3CCCCC3)c2C(N)=O)C1. The van der Waals surface area contributed by atoms with Gasteiger partial charge in [-0.3, -0.25) is 9.59 Å². The summed E-state index contributed by atoms with van der Waals surface area (Å²) in [7, 11) is 0. The molecule has 2 amide bonds. The van der Waals surface area contributed by atoms with E-state index in [2.05, 4.69) is 26.1 Å². The molecular weight excluding hydrogens is 332 g/mol. The maximum Gasteiger partial charge on any atom is 0.251 e. The summed E-state index contributed by atoms with van der Waals surface area (Å²) in [4.78, 5) is 25.9. The molecule has 0 saturated heterocycles. The molecule has 1 unspecified atom stereocenters. The minimum atomic E-state index is -0.411. The molecule has 5 heteroatoms. The van der Waals surface area contributed by atoms with E-state index in [1.54, 1.807) is 11.3 Å². The quantitative estimate of drug-likeness (QED) is 0.830. The number of carbonyl (C=O) groups excluding carboxylic acids is 2. The zero-order valence-corrected chi connectivity index (χ0v) is 16.4. The highest BCUT2D eigenvalue weighted by Crippen LogP contribution is 2.44. The Hall–Kier alpha value is -1.36. The van der Waals surface area contributed by atoms with E-state index in [-0.39, 0.29) is 17.2 Å². The second kappa shape index (κ2) is 7.10. The molecule has 0 radical (unpaired) electrons. The number of carbonyl (C=O) groups is 2. The Bertz CT molecular complexity index is 666. The summed E-state index contributed by atoms with van der Waals surface area (Å²) in [5.41, 5.74) is 7.57. The van der Waals surface area contributed by atoms with E-state index in [0.717, 1.165) is 50.5 Å². The highest BCUT2D eigenvalue weighted by molar-refractivity contribution is 7.17. The molecule has 0 bridgehead atoms. The third-order valence-corrected chi connectivity index (χ3v) is 7.12. The minimum Gasteiger partial charge on any atom is -0.365 e. The second-order valence-corrected chi connectivity index (χ2v) is 9.81. The van der Waals surface area contributed by atoms with Crippen molar-refractivity contribution in [3.05, 3.63) is 16.0 Å². The maximum absolute atomic E-state index is 12.6. The molecule has 0 aromatic carbocycles. The van der Waals surface area contributed by atoms with E-state index >= 15 is 0 Å². The summed E-state index contributed by atoms with van der Waals surface area (Å²) in [6.45, 7) is 6.82. The van der Waals surface area contributed by atoms with Crippen LogP contribution in [-0.4, -0.2) is 11.8 Å². The highest BCUT2D eigenvalue weighted by atomic mass is 32.1. The van der Waals surface area contributed by atoms with Crippen LogP contribution < -0.4 is 11.1 Å². The van der Waals surface area contributed by atoms with E-state index in [1.165, 1.54) is 11.3 Å². The summed E-state index contributed by atoms with van der Waals surface area (Å²) < 4.78 is 0. The van der Waals surface area contributed by atoms with E-state index in [0.29, 0.717) is 16.5 Å². The lowest BCUT2D eigenvalue weighted by atomic mass is 9.72. The molecule has 2 aliphatic carbocycles. The van der Waals surface area contributed by atoms with Gasteiger partial charge in [0.2, 0.25) is 5.91 Å². The first-order valence-corrected chi connectivity index (χ1v) is 10.3. The molecule has 1 aromatic heterocycles. The Labute approximate surface area is 154 Å². The van der Waals surface area contributed by atoms with Crippen LogP contribution in [0.15, 0.2) is 0 Å². The third kappa shape index (κ3) is 3.91. The van der Waals surface area contributed by atoms with Crippen LogP contribution in [0.3, 0.4) is 0 Å². The molecule has 0 aliphatic heterocycles. The van der Waals surface area contributed by atoms with Crippen LogP contribution >= 0.6 is 11.3 Å². The first kappa shape index (κ1) is 18.4. The Kier molecular flexibility index (Phi) is 5.24. The van der Waals surface area contributed by atoms with Gasteiger partial charge < -0.3 is 11.1 Å². The Balaban J connectivity index is 1.84. The Morgan fingerprint density at radius 3 is 2.40 bits per heavy atom. The zero-order chi connectivity index (χ0) is 18.2. The fraction of sp³-hybridized carbons (Fsp3) is 0.700. The predicted octanol–water partition coefficient (Wildman–Crippen LogP) is 4.52. The summed E-state index contributed by atoms with van der Waals surface area (Å²) in [6, 6.07) is 0. The number of rotatable bonds is 3. The molecule has 1 heterocycles. The normalized spacial score (nSPS) is 21.6. The van der Waals surface area contributed by atoms with Gasteiger partial charge in [0.1, 0.15) is 5.00 Å². The van der Waals surface area contributed by atoms with Gasteiger partial charge >= 0.3 is 0 Å². The topological polar surface area (TPSA) is 72.2 Å². The van der Waals surface area contributed by atoms with Crippen molar-refractivity contribution in [1.82, 2.24) is 0 Å². The predicted molar refractivity (Wildman–Crippen MR) is 103 cm³/mol. The van der Waals surface area contributed by atoms with Gasteiger partial charge in [-0.1, -0.05) is 40.0 Å². The molecule has 138 valence electrons. The van der Waals surface area contributed by atoms with Crippen molar-refractivity contribution in [2.24, 2.45) is 23.0 Å². The van der Waals surface area contributed by atoms with E-state index in [1.807, 2.05) is 0 Å². The summed E-state index contributed by atoms with van der Waals surface area (Å²) in [5.74, 6) is 0.330. The van der Waals surface area contributed by atoms with Crippen LogP contribution in [0.5, 0.6) is 0 Å². The molecule has 25 heavy (non-hydrogen) atoms. The van der Waals surface area contributed by atoms with E-state index in [4.69, 9.17) is 5.73 Å². The first-order chi connectivity index (χ1) is 11.8. The van der Waals surface area contributed by atoms with Crippen molar-refractivity contribution in [3.8, 4) is 0 Å². The van der Waals surface area contributed by atoms with Gasteiger partial charge in [0.05, 0.1) is 5.56 Å². The van der Waals surface area contributed by atoms with Gasteiger partial charge in [-0.2, -0.15) is 0 Å². The molecule has 1 saturated carbocycles. The average molecular weight is 363 g/mol. The van der Waals surface area contributed by atoms with Gasteiger partial charge in [0, 0.05) is 10.8 Å². The van der Waals surface area contributed by atoms with Gasteiger partial charge in [-0.25, -0.2) is 0 Å². The number of fused-ring (bicyclic) bond motifs is 1. The van der Waals surface area contributed by atoms with E-state index in [9.17, 15) is 9.59 Å². The molecule has 0 spiro atoms. The van der Waals surface area contributed by atoms with Crippen molar-refractivity contribution in [2.45, 2.75) is 72.1 Å². The highest BCUT2D eigenvalue weighted by Gasteiger charge is 2.34. The summed E-state index contributed by atoms with van der Waals surface area (Å²) in [6.07, 6.45) is 8.30. The number of hydrogen-bond acceptors (Lipinski definition) is 3. The maximum atomic E-state index is 12.6. The van der Waals surface area contributed by atoms with Crippen LogP contribution in [-0.2, 0) is 17.6 Å². The monoisotopic (exact) mass is 362 g/mol. The molecule has 1 aromatic rings. The van der Waals surface area contributed by atoms with Crippen molar-refractivity contribution in [1.29, 1.82) is 0 Å². The van der Waals surface area contributed by atoms with Crippen LogP contribution in [0.25, 0.3) is 0 Å². The van der Waals surface area contributed by atoms with Gasteiger partial charge in [-0.05, 0) is 49.0 Å². The number of hydrogen-bond donors (Lipinski definition) is 2. The first-order valence-electron chi connectivity index (χ1n) is 9.52. The second-order valence-electron chi connectivity index (χ2n) is 8.70. The molecular formula is C20H30N2O2S. The van der Waals surface area contributed by atoms with Gasteiger partial charge in [0.15, 0.2) is 0 Å². The zero-order valence-electron chi connectivity index (χ0n) is 15.6. The largest absolute Gasteiger partial charge is 0.365 e. The Morgan fingerprint density at radius 2 is 1.80 bits per heavy atom. The number of nitrogens with one attached hydrogen (secondary N) is 1. The van der Waals surface area contributed by atoms with Crippen LogP contribution in [0, 0.1) is 17.3 Å². The van der Waals surface area contributed by atoms with Crippen molar-refractivity contribution in [2.75, 3.05) is 5.32 Å². The third-order valence-electron chi connectivity index (χ3n) is 5.95. The molecule has 1 fully saturated rings. The standard InChI is InChI=1S/C20H30N2O2S/c1-20(2,3)13-9-10-14-15(11-13)25-19(16(14)17(21)23)22-18(24)12-7-5-4-6-8-12/h12-13H,4-11H2,1-3H3,(H2,21,23)(H,22,24). The molecule has 3 N–H and O–H groups in total. The van der Waals surface area contributed by atoms with Crippen LogP contribution in [0.4, 0.5) is 5.00 Å². The smallest absolute Gasteiger partial charge is 0.251 e. The van der Waals surface area contributed by atoms with Crippen LogP contribution in [0.2, 0.25) is 0 Å². The lowest BCUT2D eigenvalue weighted by Crippen LogP contribution is -2.27. The number of thiophene rings is 1. The number of primary amides is 1. The minimum absolute atomic E-state index is 0.0631. The summed E-state index contributed by atoms with van der Waals surface area (Å²) >= 11 is 1.57. The van der Waals surface area contributed by atoms with Gasteiger partial charge in [-0.15, -0.1) is 11.3 Å². The number of nitrogens with two attached hydrogens (primary N) is 1. The lowest BCUT2D eigenvalue weighted by molar-refractivity contribution is -0.120. The lowest BCUT2D eigenvalue weighted by Gasteiger charge is -2.33. The summed E-state index contributed by atoms with van der Waals surface area (Å²) in [5, 5.41) is 3.73. The number of anilines is 1. The molecule has 4 nitrogen and oxygen atoms in total. The fourth-order valence-electron chi connectivity index (χ4n) is 4.25. The van der Waals surface area contributed by atoms with Crippen LogP contribution in [0.1, 0.15) is 80.1 Å². The van der Waals surface area contributed by atoms with Crippen molar-refractivity contribution in [3.63, 3.8) is 0 Å². The molecule has 1 atom stereocenters. The average Bonchev–Trinajstić information content (AvgIpc) is 2.91. The molecule has 3 rings (SSSR count). The molecule has 2 aliphatic rings. The van der Waals surface area contributed by atoms with E-state index < -0.39 is 5.91 Å². The van der Waals surface area contributed by atoms with Crippen molar-refractivity contribution >= 4 is 28.2 Å².